The molecule has 2 amide bonds. The van der Waals surface area contributed by atoms with Crippen LogP contribution in [0.25, 0.3) is 33.6 Å². The standard InChI is InChI=1S/C38H49N7O3/c1-24(2)33(44(7)37(47)48-38(3,4)5)36(46)45-21-9-11-32(45)35-40-23-30(42-35)28-18-14-26(15-19-28)25-12-16-27(17-13-25)29-22-39-34(41-29)31-10-8-20-43(31)6/h12-19,22-24,31-33H,8-11,20-21H2,1-7H3,(H,39,41)(H,40,42)/t31-,32-,33?/m0/s1. The van der Waals surface area contributed by atoms with E-state index in [9.17, 15) is 9.59 Å². The van der Waals surface area contributed by atoms with Crippen molar-refractivity contribution >= 4 is 12.0 Å². The van der Waals surface area contributed by atoms with Gasteiger partial charge in [0.1, 0.15) is 23.3 Å². The zero-order chi connectivity index (χ0) is 34.2. The van der Waals surface area contributed by atoms with Crippen molar-refractivity contribution in [3.8, 4) is 33.6 Å². The monoisotopic (exact) mass is 651 g/mol. The lowest BCUT2D eigenvalue weighted by atomic mass is 10.0. The maximum atomic E-state index is 13.9. The molecule has 0 saturated carbocycles. The lowest BCUT2D eigenvalue weighted by Crippen LogP contribution is -2.52. The molecule has 3 atom stereocenters. The Hall–Kier alpha value is -4.44. The molecule has 2 aliphatic rings. The van der Waals surface area contributed by atoms with E-state index >= 15 is 0 Å². The number of carbonyl (C=O) groups is 2. The Morgan fingerprint density at radius 3 is 1.77 bits per heavy atom. The molecule has 10 nitrogen and oxygen atoms in total. The summed E-state index contributed by atoms with van der Waals surface area (Å²) in [7, 11) is 3.81. The van der Waals surface area contributed by atoms with E-state index in [4.69, 9.17) is 9.72 Å². The van der Waals surface area contributed by atoms with Crippen molar-refractivity contribution in [1.82, 2.24) is 34.6 Å². The Bertz CT molecular complexity index is 1720. The minimum Gasteiger partial charge on any atom is -0.444 e. The molecule has 0 bridgehead atoms. The molecule has 4 aromatic rings. The number of likely N-dealkylation sites (N-methyl/N-ethyl adjacent to an activating group) is 1. The first-order chi connectivity index (χ1) is 22.9. The Morgan fingerprint density at radius 2 is 1.29 bits per heavy atom. The van der Waals surface area contributed by atoms with Gasteiger partial charge in [0.05, 0.1) is 35.9 Å². The zero-order valence-electron chi connectivity index (χ0n) is 29.3. The SMILES string of the molecule is CC(C)C(C(=O)N1CCC[C@H]1c1ncc(-c2ccc(-c3ccc(-c4cnc([C@@H]5CCCN5C)[nH]4)cc3)cc2)[nH]1)N(C)C(=O)OC(C)(C)C. The van der Waals surface area contributed by atoms with E-state index < -0.39 is 17.7 Å². The van der Waals surface area contributed by atoms with Crippen LogP contribution in [0.2, 0.25) is 0 Å². The summed E-state index contributed by atoms with van der Waals surface area (Å²) in [5.74, 6) is 1.65. The molecular formula is C38H49N7O3. The van der Waals surface area contributed by atoms with Crippen LogP contribution in [0, 0.1) is 5.92 Å². The van der Waals surface area contributed by atoms with Gasteiger partial charge in [-0.15, -0.1) is 0 Å². The van der Waals surface area contributed by atoms with Crippen LogP contribution in [0.3, 0.4) is 0 Å². The van der Waals surface area contributed by atoms with Gasteiger partial charge in [-0.25, -0.2) is 14.8 Å². The number of amides is 2. The predicted molar refractivity (Wildman–Crippen MR) is 188 cm³/mol. The van der Waals surface area contributed by atoms with Crippen LogP contribution >= 0.6 is 0 Å². The molecule has 0 aliphatic carbocycles. The van der Waals surface area contributed by atoms with E-state index in [0.717, 1.165) is 71.1 Å². The van der Waals surface area contributed by atoms with Gasteiger partial charge in [-0.05, 0) is 88.2 Å². The number of hydrogen-bond donors (Lipinski definition) is 2. The van der Waals surface area contributed by atoms with Crippen molar-refractivity contribution in [2.45, 2.75) is 84.0 Å². The molecule has 2 aromatic carbocycles. The predicted octanol–water partition coefficient (Wildman–Crippen LogP) is 7.46. The summed E-state index contributed by atoms with van der Waals surface area (Å²) < 4.78 is 5.58. The second kappa shape index (κ2) is 13.6. The van der Waals surface area contributed by atoms with Crippen LogP contribution in [-0.2, 0) is 9.53 Å². The number of rotatable bonds is 8. The normalized spacial score (nSPS) is 19.2. The summed E-state index contributed by atoms with van der Waals surface area (Å²) in [4.78, 5) is 48.9. The van der Waals surface area contributed by atoms with Gasteiger partial charge < -0.3 is 19.6 Å². The van der Waals surface area contributed by atoms with E-state index in [-0.39, 0.29) is 17.9 Å². The Kier molecular flexibility index (Phi) is 9.47. The number of likely N-dealkylation sites (tertiary alicyclic amines) is 2. The summed E-state index contributed by atoms with van der Waals surface area (Å²) in [5, 5.41) is 0. The van der Waals surface area contributed by atoms with Gasteiger partial charge in [0, 0.05) is 13.6 Å². The van der Waals surface area contributed by atoms with Crippen molar-refractivity contribution in [2.75, 3.05) is 27.2 Å². The number of nitrogens with one attached hydrogen (secondary N) is 2. The van der Waals surface area contributed by atoms with Crippen LogP contribution in [0.15, 0.2) is 60.9 Å². The molecular weight excluding hydrogens is 602 g/mol. The fourth-order valence-corrected chi connectivity index (χ4v) is 7.08. The number of imidazole rings is 2. The number of hydrogen-bond acceptors (Lipinski definition) is 6. The Balaban J connectivity index is 1.12. The first kappa shape index (κ1) is 33.5. The fraction of sp³-hybridized carbons (Fsp3) is 0.474. The first-order valence-corrected chi connectivity index (χ1v) is 17.2. The van der Waals surface area contributed by atoms with Crippen molar-refractivity contribution in [1.29, 1.82) is 0 Å². The highest BCUT2D eigenvalue weighted by atomic mass is 16.6. The number of aromatic nitrogens is 4. The van der Waals surface area contributed by atoms with Gasteiger partial charge in [0.15, 0.2) is 0 Å². The zero-order valence-corrected chi connectivity index (χ0v) is 29.3. The van der Waals surface area contributed by atoms with Crippen LogP contribution in [-0.4, -0.2) is 85.5 Å². The molecule has 254 valence electrons. The highest BCUT2D eigenvalue weighted by Crippen LogP contribution is 2.35. The molecule has 4 heterocycles. The summed E-state index contributed by atoms with van der Waals surface area (Å²) in [6, 6.07) is 16.6. The lowest BCUT2D eigenvalue weighted by Gasteiger charge is -2.35. The largest absolute Gasteiger partial charge is 0.444 e. The number of carbonyl (C=O) groups excluding carboxylic acids is 2. The minimum atomic E-state index is -0.642. The third-order valence-corrected chi connectivity index (χ3v) is 9.59. The van der Waals surface area contributed by atoms with E-state index in [1.165, 1.54) is 11.3 Å². The van der Waals surface area contributed by atoms with E-state index in [1.807, 2.05) is 51.9 Å². The van der Waals surface area contributed by atoms with E-state index in [1.54, 1.807) is 7.05 Å². The molecule has 0 spiro atoms. The average Bonchev–Trinajstić information content (AvgIpc) is 3.87. The van der Waals surface area contributed by atoms with Crippen LogP contribution < -0.4 is 0 Å². The number of aromatic amines is 2. The minimum absolute atomic E-state index is 0.0800. The summed E-state index contributed by atoms with van der Waals surface area (Å²) in [5.41, 5.74) is 5.72. The topological polar surface area (TPSA) is 110 Å². The second-order valence-electron chi connectivity index (χ2n) is 14.6. The molecule has 10 heteroatoms. The summed E-state index contributed by atoms with van der Waals surface area (Å²) in [6.07, 6.45) is 7.33. The van der Waals surface area contributed by atoms with Crippen molar-refractivity contribution in [3.05, 3.63) is 72.6 Å². The number of ether oxygens (including phenoxy) is 1. The maximum absolute atomic E-state index is 13.9. The van der Waals surface area contributed by atoms with Crippen molar-refractivity contribution in [2.24, 2.45) is 5.92 Å². The fourth-order valence-electron chi connectivity index (χ4n) is 7.08. The van der Waals surface area contributed by atoms with Crippen LogP contribution in [0.4, 0.5) is 4.79 Å². The number of benzene rings is 2. The number of nitrogens with zero attached hydrogens (tertiary/aromatic N) is 5. The summed E-state index contributed by atoms with van der Waals surface area (Å²) in [6.45, 7) is 11.1. The molecule has 2 saturated heterocycles. The number of H-pyrrole nitrogens is 2. The lowest BCUT2D eigenvalue weighted by molar-refractivity contribution is -0.139. The van der Waals surface area contributed by atoms with Gasteiger partial charge in [0.2, 0.25) is 5.91 Å². The third-order valence-electron chi connectivity index (χ3n) is 9.59. The van der Waals surface area contributed by atoms with Gasteiger partial charge in [-0.2, -0.15) is 0 Å². The van der Waals surface area contributed by atoms with Gasteiger partial charge in [-0.1, -0.05) is 62.4 Å². The highest BCUT2D eigenvalue weighted by Gasteiger charge is 2.40. The highest BCUT2D eigenvalue weighted by molar-refractivity contribution is 5.86. The Labute approximate surface area is 283 Å². The van der Waals surface area contributed by atoms with Gasteiger partial charge in [0.25, 0.3) is 0 Å². The molecule has 6 rings (SSSR count). The second-order valence-corrected chi connectivity index (χ2v) is 14.6. The molecule has 0 radical (unpaired) electrons. The molecule has 1 unspecified atom stereocenters. The van der Waals surface area contributed by atoms with Gasteiger partial charge >= 0.3 is 6.09 Å². The van der Waals surface area contributed by atoms with Crippen molar-refractivity contribution < 1.29 is 14.3 Å². The van der Waals surface area contributed by atoms with Gasteiger partial charge in [-0.3, -0.25) is 14.6 Å². The molecule has 2 aliphatic heterocycles. The molecule has 2 fully saturated rings. The smallest absolute Gasteiger partial charge is 0.410 e. The van der Waals surface area contributed by atoms with Crippen molar-refractivity contribution in [3.63, 3.8) is 0 Å². The average molecular weight is 652 g/mol. The summed E-state index contributed by atoms with van der Waals surface area (Å²) >= 11 is 0. The van der Waals surface area contributed by atoms with Crippen LogP contribution in [0.1, 0.15) is 84.0 Å². The Morgan fingerprint density at radius 1 is 0.812 bits per heavy atom. The molecule has 2 N–H and O–H groups in total. The maximum Gasteiger partial charge on any atom is 0.410 e. The van der Waals surface area contributed by atoms with E-state index in [0.29, 0.717) is 12.6 Å². The van der Waals surface area contributed by atoms with E-state index in [2.05, 4.69) is 75.4 Å². The van der Waals surface area contributed by atoms with Crippen LogP contribution in [0.5, 0.6) is 0 Å². The quantitative estimate of drug-likeness (QED) is 0.205. The third kappa shape index (κ3) is 7.04. The first-order valence-electron chi connectivity index (χ1n) is 17.2. The molecule has 48 heavy (non-hydrogen) atoms. The molecule has 2 aromatic heterocycles.